The van der Waals surface area contributed by atoms with Crippen molar-refractivity contribution >= 4 is 27.2 Å². The standard InChI is InChI=1S/C17H17F3N6S/c1-4-11-10(3)27-16-14(11)15-22-13(24-26(15)8-21-16)5-6-25-9(2)7-12(23-25)17(18,19)20/h7-8H,4-6H2,1-3H3. The third-order valence-electron chi connectivity index (χ3n) is 4.55. The van der Waals surface area contributed by atoms with Crippen LogP contribution in [0.3, 0.4) is 0 Å². The van der Waals surface area contributed by atoms with Gasteiger partial charge in [0.15, 0.2) is 17.2 Å². The lowest BCUT2D eigenvalue weighted by molar-refractivity contribution is -0.141. The number of aryl methyl sites for hydroxylation is 5. The molecule has 4 aromatic heterocycles. The zero-order valence-electron chi connectivity index (χ0n) is 15.0. The van der Waals surface area contributed by atoms with Crippen LogP contribution >= 0.6 is 11.3 Å². The monoisotopic (exact) mass is 394 g/mol. The molecule has 4 rings (SSSR count). The van der Waals surface area contributed by atoms with Crippen LogP contribution in [0.1, 0.15) is 34.6 Å². The van der Waals surface area contributed by atoms with Crippen LogP contribution in [-0.4, -0.2) is 29.4 Å². The molecule has 0 fully saturated rings. The third-order valence-corrected chi connectivity index (χ3v) is 5.60. The molecule has 0 bridgehead atoms. The van der Waals surface area contributed by atoms with Gasteiger partial charge in [-0.05, 0) is 31.9 Å². The van der Waals surface area contributed by atoms with Crippen LogP contribution in [-0.2, 0) is 25.6 Å². The Bertz CT molecular complexity index is 1140. The quantitative estimate of drug-likeness (QED) is 0.525. The molecule has 0 aliphatic carbocycles. The second-order valence-corrected chi connectivity index (χ2v) is 7.56. The lowest BCUT2D eigenvalue weighted by atomic mass is 10.1. The van der Waals surface area contributed by atoms with E-state index in [9.17, 15) is 13.2 Å². The maximum atomic E-state index is 12.8. The van der Waals surface area contributed by atoms with Crippen molar-refractivity contribution in [1.29, 1.82) is 0 Å². The molecule has 10 heteroatoms. The van der Waals surface area contributed by atoms with Crippen molar-refractivity contribution in [3.63, 3.8) is 0 Å². The Kier molecular flexibility index (Phi) is 4.17. The van der Waals surface area contributed by atoms with Gasteiger partial charge < -0.3 is 0 Å². The van der Waals surface area contributed by atoms with E-state index in [4.69, 9.17) is 0 Å². The van der Waals surface area contributed by atoms with E-state index in [-0.39, 0.29) is 6.54 Å². The molecular formula is C17H17F3N6S. The molecule has 4 heterocycles. The van der Waals surface area contributed by atoms with Gasteiger partial charge in [-0.2, -0.15) is 18.3 Å². The highest BCUT2D eigenvalue weighted by Crippen LogP contribution is 2.32. The summed E-state index contributed by atoms with van der Waals surface area (Å²) < 4.78 is 41.4. The minimum absolute atomic E-state index is 0.276. The van der Waals surface area contributed by atoms with Gasteiger partial charge in [-0.1, -0.05) is 6.92 Å². The zero-order valence-corrected chi connectivity index (χ0v) is 15.8. The maximum Gasteiger partial charge on any atom is 0.435 e. The summed E-state index contributed by atoms with van der Waals surface area (Å²) in [6, 6.07) is 1.05. The Labute approximate surface area is 156 Å². The first-order chi connectivity index (χ1) is 12.8. The van der Waals surface area contributed by atoms with Crippen LogP contribution in [0, 0.1) is 13.8 Å². The molecule has 27 heavy (non-hydrogen) atoms. The van der Waals surface area contributed by atoms with Crippen LogP contribution in [0.5, 0.6) is 0 Å². The summed E-state index contributed by atoms with van der Waals surface area (Å²) in [4.78, 5) is 11.2. The molecule has 0 spiro atoms. The molecule has 0 radical (unpaired) electrons. The Morgan fingerprint density at radius 1 is 1.19 bits per heavy atom. The van der Waals surface area contributed by atoms with Crippen LogP contribution in [0.15, 0.2) is 12.4 Å². The number of hydrogen-bond acceptors (Lipinski definition) is 5. The molecule has 142 valence electrons. The predicted molar refractivity (Wildman–Crippen MR) is 96.0 cm³/mol. The number of halogens is 3. The molecule has 0 saturated heterocycles. The first kappa shape index (κ1) is 17.9. The number of aromatic nitrogens is 6. The lowest BCUT2D eigenvalue weighted by Crippen LogP contribution is -2.10. The molecule has 0 N–H and O–H groups in total. The summed E-state index contributed by atoms with van der Waals surface area (Å²) in [6.45, 7) is 6.04. The van der Waals surface area contributed by atoms with Crippen molar-refractivity contribution in [2.24, 2.45) is 0 Å². The molecule has 0 aliphatic rings. The topological polar surface area (TPSA) is 60.9 Å². The zero-order chi connectivity index (χ0) is 19.3. The molecule has 4 aromatic rings. The van der Waals surface area contributed by atoms with Gasteiger partial charge in [-0.25, -0.2) is 14.5 Å². The van der Waals surface area contributed by atoms with Crippen molar-refractivity contribution in [2.75, 3.05) is 0 Å². The fourth-order valence-corrected chi connectivity index (χ4v) is 4.30. The van der Waals surface area contributed by atoms with E-state index in [0.717, 1.165) is 28.4 Å². The van der Waals surface area contributed by atoms with Gasteiger partial charge in [0.05, 0.1) is 5.39 Å². The molecule has 0 aliphatic heterocycles. The first-order valence-corrected chi connectivity index (χ1v) is 9.33. The van der Waals surface area contributed by atoms with Gasteiger partial charge in [0.25, 0.3) is 0 Å². The van der Waals surface area contributed by atoms with E-state index in [1.165, 1.54) is 15.1 Å². The van der Waals surface area contributed by atoms with E-state index in [1.54, 1.807) is 29.1 Å². The Hall–Kier alpha value is -2.49. The smallest absolute Gasteiger partial charge is 0.269 e. The minimum atomic E-state index is -4.44. The highest BCUT2D eigenvalue weighted by molar-refractivity contribution is 7.18. The fourth-order valence-electron chi connectivity index (χ4n) is 3.22. The summed E-state index contributed by atoms with van der Waals surface area (Å²) >= 11 is 1.63. The van der Waals surface area contributed by atoms with Crippen LogP contribution in [0.2, 0.25) is 0 Å². The van der Waals surface area contributed by atoms with Crippen molar-refractivity contribution in [3.05, 3.63) is 40.0 Å². The molecule has 0 aromatic carbocycles. The molecule has 6 nitrogen and oxygen atoms in total. The van der Waals surface area contributed by atoms with Crippen LogP contribution in [0.4, 0.5) is 13.2 Å². The Balaban J connectivity index is 1.66. The molecule has 0 unspecified atom stereocenters. The average Bonchev–Trinajstić information content (AvgIpc) is 3.25. The Morgan fingerprint density at radius 2 is 1.96 bits per heavy atom. The second-order valence-electron chi connectivity index (χ2n) is 6.35. The average molecular weight is 394 g/mol. The van der Waals surface area contributed by atoms with E-state index in [2.05, 4.69) is 34.0 Å². The van der Waals surface area contributed by atoms with Gasteiger partial charge in [-0.15, -0.1) is 16.4 Å². The largest absolute Gasteiger partial charge is 0.435 e. The molecule has 0 saturated carbocycles. The SMILES string of the molecule is CCc1c(C)sc2ncn3nc(CCn4nc(C(F)(F)F)cc4C)nc3c12. The van der Waals surface area contributed by atoms with Crippen molar-refractivity contribution in [2.45, 2.75) is 46.3 Å². The summed E-state index contributed by atoms with van der Waals surface area (Å²) in [5.74, 6) is 0.554. The van der Waals surface area contributed by atoms with Gasteiger partial charge in [0.1, 0.15) is 11.2 Å². The number of rotatable bonds is 4. The van der Waals surface area contributed by atoms with E-state index < -0.39 is 11.9 Å². The molecular weight excluding hydrogens is 377 g/mol. The molecule has 0 atom stereocenters. The van der Waals surface area contributed by atoms with Gasteiger partial charge in [0, 0.05) is 23.5 Å². The number of fused-ring (bicyclic) bond motifs is 3. The van der Waals surface area contributed by atoms with Gasteiger partial charge in [0.2, 0.25) is 0 Å². The number of hydrogen-bond donors (Lipinski definition) is 0. The summed E-state index contributed by atoms with van der Waals surface area (Å²) in [7, 11) is 0. The van der Waals surface area contributed by atoms with Crippen molar-refractivity contribution < 1.29 is 13.2 Å². The second kappa shape index (κ2) is 6.29. The Morgan fingerprint density at radius 3 is 2.63 bits per heavy atom. The van der Waals surface area contributed by atoms with E-state index >= 15 is 0 Å². The summed E-state index contributed by atoms with van der Waals surface area (Å²) in [5, 5.41) is 9.09. The lowest BCUT2D eigenvalue weighted by Gasteiger charge is -2.02. The van der Waals surface area contributed by atoms with Gasteiger partial charge in [-0.3, -0.25) is 4.68 Å². The summed E-state index contributed by atoms with van der Waals surface area (Å²) in [5.41, 5.74) is 1.53. The third kappa shape index (κ3) is 3.07. The van der Waals surface area contributed by atoms with Crippen LogP contribution < -0.4 is 0 Å². The van der Waals surface area contributed by atoms with Crippen molar-refractivity contribution in [1.82, 2.24) is 29.4 Å². The van der Waals surface area contributed by atoms with E-state index in [1.807, 2.05) is 0 Å². The fraction of sp³-hybridized carbons (Fsp3) is 0.412. The van der Waals surface area contributed by atoms with Crippen LogP contribution in [0.25, 0.3) is 15.9 Å². The first-order valence-electron chi connectivity index (χ1n) is 8.51. The molecule has 0 amide bonds. The van der Waals surface area contributed by atoms with Gasteiger partial charge >= 0.3 is 6.18 Å². The minimum Gasteiger partial charge on any atom is -0.269 e. The summed E-state index contributed by atoms with van der Waals surface area (Å²) in [6.07, 6.45) is -1.55. The maximum absolute atomic E-state index is 12.8. The normalized spacial score (nSPS) is 12.5. The number of thiophene rings is 1. The number of alkyl halides is 3. The predicted octanol–water partition coefficient (Wildman–Crippen LogP) is 3.98. The van der Waals surface area contributed by atoms with Crippen molar-refractivity contribution in [3.8, 4) is 0 Å². The van der Waals surface area contributed by atoms with E-state index in [0.29, 0.717) is 17.9 Å². The highest BCUT2D eigenvalue weighted by atomic mass is 32.1. The number of nitrogens with zero attached hydrogens (tertiary/aromatic N) is 6. The highest BCUT2D eigenvalue weighted by Gasteiger charge is 2.34.